The number of hydrogen-bond acceptors (Lipinski definition) is 5. The molecule has 0 aliphatic rings. The lowest BCUT2D eigenvalue weighted by Crippen LogP contribution is -2.07. The molecule has 158 valence electrons. The van der Waals surface area contributed by atoms with Crippen LogP contribution in [-0.4, -0.2) is 27.4 Å². The van der Waals surface area contributed by atoms with Gasteiger partial charge in [0.05, 0.1) is 12.2 Å². The fourth-order valence-corrected chi connectivity index (χ4v) is 3.05. The van der Waals surface area contributed by atoms with Crippen LogP contribution in [0.2, 0.25) is 0 Å². The van der Waals surface area contributed by atoms with Crippen LogP contribution in [0.1, 0.15) is 59.7 Å². The molecule has 0 N–H and O–H groups in total. The van der Waals surface area contributed by atoms with Gasteiger partial charge in [-0.1, -0.05) is 13.8 Å². The molecule has 0 aliphatic carbocycles. The van der Waals surface area contributed by atoms with Gasteiger partial charge in [0.2, 0.25) is 0 Å². The average molecular weight is 406 g/mol. The van der Waals surface area contributed by atoms with Gasteiger partial charge in [-0.25, -0.2) is 4.98 Å². The number of hydrogen-bond donors (Lipinski definition) is 0. The molecule has 0 saturated carbocycles. The Kier molecular flexibility index (Phi) is 7.03. The fraction of sp³-hybridized carbons (Fsp3) is 0.400. The van der Waals surface area contributed by atoms with Crippen molar-refractivity contribution in [1.82, 2.24) is 15.2 Å². The molecule has 0 amide bonds. The van der Waals surface area contributed by atoms with Crippen LogP contribution < -0.4 is 9.47 Å². The van der Waals surface area contributed by atoms with E-state index < -0.39 is 0 Å². The molecule has 0 fully saturated rings. The molecule has 2 aromatic carbocycles. The highest BCUT2D eigenvalue weighted by molar-refractivity contribution is 5.78. The van der Waals surface area contributed by atoms with Crippen LogP contribution in [0.3, 0.4) is 0 Å². The van der Waals surface area contributed by atoms with E-state index in [1.54, 1.807) is 0 Å². The van der Waals surface area contributed by atoms with Gasteiger partial charge in [-0.05, 0) is 82.6 Å². The average Bonchev–Trinajstić information content (AvgIpc) is 2.73. The highest BCUT2D eigenvalue weighted by atomic mass is 16.5. The molecule has 0 saturated heterocycles. The van der Waals surface area contributed by atoms with Crippen molar-refractivity contribution in [2.45, 2.75) is 66.1 Å². The molecule has 1 aromatic heterocycles. The lowest BCUT2D eigenvalue weighted by molar-refractivity contribution is 0.242. The van der Waals surface area contributed by atoms with E-state index >= 15 is 0 Å². The topological polar surface area (TPSA) is 57.1 Å². The Morgan fingerprint density at radius 1 is 0.667 bits per heavy atom. The van der Waals surface area contributed by atoms with Crippen LogP contribution in [-0.2, 0) is 0 Å². The van der Waals surface area contributed by atoms with Crippen molar-refractivity contribution >= 4 is 0 Å². The van der Waals surface area contributed by atoms with E-state index in [0.29, 0.717) is 0 Å². The minimum Gasteiger partial charge on any atom is -0.491 e. The largest absolute Gasteiger partial charge is 0.491 e. The quantitative estimate of drug-likeness (QED) is 0.440. The molecule has 0 spiro atoms. The van der Waals surface area contributed by atoms with Gasteiger partial charge in [0, 0.05) is 17.0 Å². The lowest BCUT2D eigenvalue weighted by atomic mass is 10.0. The van der Waals surface area contributed by atoms with Crippen molar-refractivity contribution in [1.29, 1.82) is 0 Å². The monoisotopic (exact) mass is 405 g/mol. The first-order valence-electron chi connectivity index (χ1n) is 10.7. The van der Waals surface area contributed by atoms with E-state index in [9.17, 15) is 0 Å². The van der Waals surface area contributed by atoms with Crippen LogP contribution in [0, 0.1) is 0 Å². The van der Waals surface area contributed by atoms with E-state index in [1.807, 2.05) is 76.2 Å². The summed E-state index contributed by atoms with van der Waals surface area (Å²) in [6.07, 6.45) is 1.23. The van der Waals surface area contributed by atoms with Gasteiger partial charge in [-0.2, -0.15) is 0 Å². The Labute approximate surface area is 179 Å². The predicted molar refractivity (Wildman–Crippen MR) is 121 cm³/mol. The summed E-state index contributed by atoms with van der Waals surface area (Å²) in [5.41, 5.74) is 3.53. The van der Waals surface area contributed by atoms with Crippen molar-refractivity contribution in [2.24, 2.45) is 0 Å². The first kappa shape index (κ1) is 21.8. The van der Waals surface area contributed by atoms with E-state index in [-0.39, 0.29) is 18.1 Å². The van der Waals surface area contributed by atoms with Gasteiger partial charge in [0.25, 0.3) is 0 Å². The molecular formula is C25H31N3O2. The summed E-state index contributed by atoms with van der Waals surface area (Å²) in [4.78, 5) is 4.91. The second-order valence-electron chi connectivity index (χ2n) is 8.06. The van der Waals surface area contributed by atoms with E-state index in [0.717, 1.165) is 46.3 Å². The molecule has 30 heavy (non-hydrogen) atoms. The van der Waals surface area contributed by atoms with Crippen molar-refractivity contribution < 1.29 is 9.47 Å². The summed E-state index contributed by atoms with van der Waals surface area (Å²) >= 11 is 0. The number of aromatic nitrogens is 3. The lowest BCUT2D eigenvalue weighted by Gasteiger charge is -2.14. The Balaban J connectivity index is 2.02. The Morgan fingerprint density at radius 3 is 1.57 bits per heavy atom. The Bertz CT molecular complexity index is 951. The van der Waals surface area contributed by atoms with Crippen LogP contribution in [0.4, 0.5) is 0 Å². The van der Waals surface area contributed by atoms with Crippen molar-refractivity contribution in [3.05, 3.63) is 54.4 Å². The predicted octanol–water partition coefficient (Wildman–Crippen LogP) is 6.29. The van der Waals surface area contributed by atoms with Gasteiger partial charge in [0.15, 0.2) is 5.82 Å². The third-order valence-electron chi connectivity index (χ3n) is 4.76. The molecule has 0 aliphatic heterocycles. The highest BCUT2D eigenvalue weighted by Gasteiger charge is 2.16. The molecule has 3 aromatic rings. The zero-order valence-corrected chi connectivity index (χ0v) is 18.7. The Hall–Kier alpha value is -2.95. The van der Waals surface area contributed by atoms with Gasteiger partial charge in [0.1, 0.15) is 22.9 Å². The second kappa shape index (κ2) is 9.70. The fourth-order valence-electron chi connectivity index (χ4n) is 3.05. The maximum absolute atomic E-state index is 5.78. The Morgan fingerprint density at radius 2 is 1.13 bits per heavy atom. The number of rotatable bonds is 8. The van der Waals surface area contributed by atoms with E-state index in [2.05, 4.69) is 24.0 Å². The summed E-state index contributed by atoms with van der Waals surface area (Å²) in [6, 6.07) is 15.9. The standard InChI is InChI=1S/C25H31N3O2/c1-7-18(6)25-26-23(19-8-12-21(13-9-19)29-16(2)3)24(27-28-25)20-10-14-22(15-11-20)30-17(4)5/h8-18H,7H2,1-6H3. The molecule has 1 atom stereocenters. The van der Waals surface area contributed by atoms with Gasteiger partial charge < -0.3 is 9.47 Å². The molecule has 1 unspecified atom stereocenters. The molecule has 1 heterocycles. The van der Waals surface area contributed by atoms with Crippen LogP contribution >= 0.6 is 0 Å². The smallest absolute Gasteiger partial charge is 0.154 e. The van der Waals surface area contributed by atoms with Crippen LogP contribution in [0.25, 0.3) is 22.5 Å². The van der Waals surface area contributed by atoms with Crippen LogP contribution in [0.15, 0.2) is 48.5 Å². The molecule has 0 radical (unpaired) electrons. The summed E-state index contributed by atoms with van der Waals surface area (Å²) in [6.45, 7) is 12.3. The minimum absolute atomic E-state index is 0.134. The maximum Gasteiger partial charge on any atom is 0.154 e. The minimum atomic E-state index is 0.134. The van der Waals surface area contributed by atoms with Crippen molar-refractivity contribution in [3.8, 4) is 34.0 Å². The molecule has 5 nitrogen and oxygen atoms in total. The van der Waals surface area contributed by atoms with Crippen LogP contribution in [0.5, 0.6) is 11.5 Å². The summed E-state index contributed by atoms with van der Waals surface area (Å²) in [5.74, 6) is 2.69. The third kappa shape index (κ3) is 5.35. The number of ether oxygens (including phenoxy) is 2. The summed E-state index contributed by atoms with van der Waals surface area (Å²) in [7, 11) is 0. The van der Waals surface area contributed by atoms with E-state index in [4.69, 9.17) is 14.5 Å². The van der Waals surface area contributed by atoms with Gasteiger partial charge >= 0.3 is 0 Å². The van der Waals surface area contributed by atoms with E-state index in [1.165, 1.54) is 0 Å². The first-order valence-corrected chi connectivity index (χ1v) is 10.7. The first-order chi connectivity index (χ1) is 14.4. The highest BCUT2D eigenvalue weighted by Crippen LogP contribution is 2.32. The maximum atomic E-state index is 5.78. The van der Waals surface area contributed by atoms with Crippen molar-refractivity contribution in [3.63, 3.8) is 0 Å². The second-order valence-corrected chi connectivity index (χ2v) is 8.06. The SMILES string of the molecule is CCC(C)c1nnc(-c2ccc(OC(C)C)cc2)c(-c2ccc(OC(C)C)cc2)n1. The molecule has 0 bridgehead atoms. The summed E-state index contributed by atoms with van der Waals surface area (Å²) < 4.78 is 11.5. The molecule has 5 heteroatoms. The van der Waals surface area contributed by atoms with Gasteiger partial charge in [-0.3, -0.25) is 0 Å². The number of benzene rings is 2. The normalized spacial score (nSPS) is 12.3. The third-order valence-corrected chi connectivity index (χ3v) is 4.76. The molecule has 3 rings (SSSR count). The van der Waals surface area contributed by atoms with Crippen molar-refractivity contribution in [2.75, 3.05) is 0 Å². The summed E-state index contributed by atoms with van der Waals surface area (Å²) in [5, 5.41) is 8.99. The van der Waals surface area contributed by atoms with Gasteiger partial charge in [-0.15, -0.1) is 10.2 Å². The zero-order chi connectivity index (χ0) is 21.7. The zero-order valence-electron chi connectivity index (χ0n) is 18.7. The molecular weight excluding hydrogens is 374 g/mol. The number of nitrogens with zero attached hydrogens (tertiary/aromatic N) is 3.